The summed E-state index contributed by atoms with van der Waals surface area (Å²) in [5, 5.41) is 7.75. The van der Waals surface area contributed by atoms with Gasteiger partial charge >= 0.3 is 7.82 Å². The van der Waals surface area contributed by atoms with Crippen molar-refractivity contribution in [2.45, 2.75) is 96.8 Å². The fourth-order valence-electron chi connectivity index (χ4n) is 2.53. The third kappa shape index (κ3) is 33.8. The molecule has 0 amide bonds. The van der Waals surface area contributed by atoms with Gasteiger partial charge in [-0.2, -0.15) is 0 Å². The lowest BCUT2D eigenvalue weighted by molar-refractivity contribution is 0.193. The van der Waals surface area contributed by atoms with Crippen molar-refractivity contribution in [1.82, 2.24) is 0 Å². The second-order valence-corrected chi connectivity index (χ2v) is 8.01. The molecule has 0 aliphatic heterocycles. The summed E-state index contributed by atoms with van der Waals surface area (Å²) in [6.07, 6.45) is 21.7. The van der Waals surface area contributed by atoms with E-state index in [0.717, 1.165) is 19.3 Å². The zero-order chi connectivity index (χ0) is 20.6. The van der Waals surface area contributed by atoms with Crippen molar-refractivity contribution in [3.05, 3.63) is 12.2 Å². The first-order valence-corrected chi connectivity index (χ1v) is 12.2. The summed E-state index contributed by atoms with van der Waals surface area (Å²) in [7, 11) is -4.26. The normalized spacial score (nSPS) is 11.6. The van der Waals surface area contributed by atoms with Crippen LogP contribution in [0.3, 0.4) is 0 Å². The molecule has 0 saturated carbocycles. The smallest absolute Gasteiger partial charge is 0.395 e. The molecule has 0 radical (unpaired) electrons. The maximum Gasteiger partial charge on any atom is 0.469 e. The summed E-state index contributed by atoms with van der Waals surface area (Å²) < 4.78 is 14.9. The predicted octanol–water partition coefficient (Wildman–Crippen LogP) is 5.07. The first kappa shape index (κ1) is 29.0. The van der Waals surface area contributed by atoms with Crippen LogP contribution < -0.4 is 5.73 Å². The Labute approximate surface area is 166 Å². The minimum atomic E-state index is -4.26. The molecule has 27 heavy (non-hydrogen) atoms. The van der Waals surface area contributed by atoms with Gasteiger partial charge in [-0.1, -0.05) is 76.9 Å². The van der Waals surface area contributed by atoms with Gasteiger partial charge in [-0.05, 0) is 32.1 Å². The van der Waals surface area contributed by atoms with Gasteiger partial charge in [0.05, 0.1) is 13.2 Å². The number of aliphatic hydroxyl groups excluding tert-OH is 1. The van der Waals surface area contributed by atoms with Gasteiger partial charge in [-0.25, -0.2) is 4.57 Å². The number of hydrogen-bond donors (Lipinski definition) is 4. The number of aliphatic hydroxyl groups is 1. The molecule has 0 aliphatic carbocycles. The number of unbranched alkanes of at least 4 members (excludes halogenated alkanes) is 12. The highest BCUT2D eigenvalue weighted by Crippen LogP contribution is 2.35. The van der Waals surface area contributed by atoms with Crippen LogP contribution in [-0.2, 0) is 9.09 Å². The molecule has 0 spiro atoms. The zero-order valence-corrected chi connectivity index (χ0v) is 18.3. The van der Waals surface area contributed by atoms with Crippen molar-refractivity contribution in [2.75, 3.05) is 19.8 Å². The number of phosphoric acid groups is 1. The van der Waals surface area contributed by atoms with Crippen LogP contribution in [0, 0.1) is 0 Å². The molecule has 0 aromatic rings. The zero-order valence-electron chi connectivity index (χ0n) is 17.4. The molecule has 0 fully saturated rings. The molecule has 0 aromatic carbocycles. The summed E-state index contributed by atoms with van der Waals surface area (Å²) in [4.78, 5) is 17.1. The third-order valence-electron chi connectivity index (χ3n) is 4.04. The Morgan fingerprint density at radius 2 is 1.22 bits per heavy atom. The maximum absolute atomic E-state index is 10.5. The predicted molar refractivity (Wildman–Crippen MR) is 114 cm³/mol. The van der Waals surface area contributed by atoms with E-state index in [1.165, 1.54) is 70.6 Å². The second-order valence-electron chi connectivity index (χ2n) is 6.77. The molecule has 164 valence electrons. The largest absolute Gasteiger partial charge is 0.469 e. The van der Waals surface area contributed by atoms with E-state index in [1.807, 2.05) is 0 Å². The molecule has 7 heteroatoms. The molecule has 6 nitrogen and oxygen atoms in total. The lowest BCUT2D eigenvalue weighted by atomic mass is 10.1. The van der Waals surface area contributed by atoms with Gasteiger partial charge in [0.1, 0.15) is 0 Å². The highest BCUT2D eigenvalue weighted by molar-refractivity contribution is 7.46. The summed E-state index contributed by atoms with van der Waals surface area (Å²) in [6.45, 7) is 2.88. The van der Waals surface area contributed by atoms with E-state index < -0.39 is 7.82 Å². The van der Waals surface area contributed by atoms with Gasteiger partial charge in [-0.15, -0.1) is 0 Å². The fourth-order valence-corrected chi connectivity index (χ4v) is 2.90. The van der Waals surface area contributed by atoms with Crippen LogP contribution in [0.25, 0.3) is 0 Å². The molecular formula is C20H44NO5P. The van der Waals surface area contributed by atoms with Crippen molar-refractivity contribution >= 4 is 7.82 Å². The summed E-state index contributed by atoms with van der Waals surface area (Å²) in [5.41, 5.74) is 4.78. The van der Waals surface area contributed by atoms with E-state index >= 15 is 0 Å². The van der Waals surface area contributed by atoms with Crippen LogP contribution in [0.1, 0.15) is 96.8 Å². The van der Waals surface area contributed by atoms with E-state index in [0.29, 0.717) is 6.54 Å². The van der Waals surface area contributed by atoms with Crippen molar-refractivity contribution in [3.63, 3.8) is 0 Å². The minimum Gasteiger partial charge on any atom is -0.395 e. The Balaban J connectivity index is 0. The van der Waals surface area contributed by atoms with Crippen molar-refractivity contribution < 1.29 is 24.0 Å². The van der Waals surface area contributed by atoms with E-state index in [4.69, 9.17) is 20.6 Å². The summed E-state index contributed by atoms with van der Waals surface area (Å²) >= 11 is 0. The Morgan fingerprint density at radius 3 is 1.63 bits per heavy atom. The van der Waals surface area contributed by atoms with Crippen LogP contribution in [0.4, 0.5) is 0 Å². The number of allylic oxidation sites excluding steroid dienone is 2. The summed E-state index contributed by atoms with van der Waals surface area (Å²) in [6, 6.07) is 0. The molecule has 0 atom stereocenters. The Morgan fingerprint density at radius 1 is 0.815 bits per heavy atom. The van der Waals surface area contributed by atoms with Crippen molar-refractivity contribution in [1.29, 1.82) is 0 Å². The van der Waals surface area contributed by atoms with Crippen LogP contribution in [0.2, 0.25) is 0 Å². The number of hydrogen-bond acceptors (Lipinski definition) is 4. The van der Waals surface area contributed by atoms with Gasteiger partial charge in [-0.3, -0.25) is 4.52 Å². The van der Waals surface area contributed by atoms with Gasteiger partial charge in [0.2, 0.25) is 0 Å². The molecule has 0 rings (SSSR count). The second kappa shape index (κ2) is 23.8. The fraction of sp³-hybridized carbons (Fsp3) is 0.900. The third-order valence-corrected chi connectivity index (χ3v) is 4.56. The highest BCUT2D eigenvalue weighted by Gasteiger charge is 2.12. The average Bonchev–Trinajstić information content (AvgIpc) is 2.63. The first-order valence-electron chi connectivity index (χ1n) is 10.6. The van der Waals surface area contributed by atoms with Crippen molar-refractivity contribution in [3.8, 4) is 0 Å². The SMILES string of the molecule is CCCCCCCC/C=C\CCCCCCCCOP(=O)(O)O.NCCO. The molecule has 5 N–H and O–H groups in total. The maximum atomic E-state index is 10.5. The minimum absolute atomic E-state index is 0.0972. The van der Waals surface area contributed by atoms with Gasteiger partial charge < -0.3 is 20.6 Å². The van der Waals surface area contributed by atoms with Gasteiger partial charge in [0.15, 0.2) is 0 Å². The monoisotopic (exact) mass is 409 g/mol. The van der Waals surface area contributed by atoms with E-state index in [1.54, 1.807) is 0 Å². The van der Waals surface area contributed by atoms with Gasteiger partial charge in [0.25, 0.3) is 0 Å². The lowest BCUT2D eigenvalue weighted by Crippen LogP contribution is -2.02. The first-order chi connectivity index (χ1) is 13.0. The number of nitrogens with two attached hydrogens (primary N) is 1. The molecule has 0 heterocycles. The Kier molecular flexibility index (Phi) is 25.6. The van der Waals surface area contributed by atoms with Crippen LogP contribution in [-0.4, -0.2) is 34.7 Å². The standard InChI is InChI=1S/C18H37O4P.C2H7NO/c1-2-3-4-5-6-7-8-9-10-11-12-13-14-15-16-17-18-22-23(19,20)21;3-1-2-4/h9-10H,2-8,11-18H2,1H3,(H2,19,20,21);4H,1-3H2/b10-9-;. The quantitative estimate of drug-likeness (QED) is 0.143. The molecule has 0 saturated heterocycles. The van der Waals surface area contributed by atoms with Crippen LogP contribution in [0.15, 0.2) is 12.2 Å². The number of phosphoric ester groups is 1. The molecule has 0 aromatic heterocycles. The number of rotatable bonds is 18. The Hall–Kier alpha value is -0.230. The van der Waals surface area contributed by atoms with E-state index in [9.17, 15) is 4.57 Å². The van der Waals surface area contributed by atoms with E-state index in [-0.39, 0.29) is 13.2 Å². The van der Waals surface area contributed by atoms with E-state index in [2.05, 4.69) is 23.6 Å². The topological polar surface area (TPSA) is 113 Å². The van der Waals surface area contributed by atoms with Gasteiger partial charge in [0, 0.05) is 6.54 Å². The van der Waals surface area contributed by atoms with Crippen molar-refractivity contribution in [2.24, 2.45) is 5.73 Å². The molecule has 0 bridgehead atoms. The highest BCUT2D eigenvalue weighted by atomic mass is 31.2. The van der Waals surface area contributed by atoms with Crippen LogP contribution in [0.5, 0.6) is 0 Å². The molecule has 0 aliphatic rings. The molecular weight excluding hydrogens is 365 g/mol. The van der Waals surface area contributed by atoms with Crippen LogP contribution >= 0.6 is 7.82 Å². The summed E-state index contributed by atoms with van der Waals surface area (Å²) in [5.74, 6) is 0. The average molecular weight is 410 g/mol. The lowest BCUT2D eigenvalue weighted by Gasteiger charge is -2.04. The Bertz CT molecular complexity index is 345. The molecule has 0 unspecified atom stereocenters.